The maximum absolute atomic E-state index is 12.1. The maximum Gasteiger partial charge on any atom is 0.338 e. The van der Waals surface area contributed by atoms with Gasteiger partial charge in [-0.25, -0.2) is 4.79 Å². The Bertz CT molecular complexity index is 642. The second-order valence-electron chi connectivity index (χ2n) is 5.60. The molecule has 1 aliphatic heterocycles. The van der Waals surface area contributed by atoms with E-state index < -0.39 is 0 Å². The van der Waals surface area contributed by atoms with Crippen molar-refractivity contribution in [3.05, 3.63) is 71.3 Å². The van der Waals surface area contributed by atoms with Crippen LogP contribution < -0.4 is 0 Å². The number of morpholine rings is 1. The van der Waals surface area contributed by atoms with E-state index in [1.807, 2.05) is 36.4 Å². The van der Waals surface area contributed by atoms with E-state index in [1.165, 1.54) is 5.56 Å². The number of benzene rings is 2. The third-order valence-electron chi connectivity index (χ3n) is 3.98. The Hall–Kier alpha value is -1.88. The molecular weight excluding hydrogens is 326 g/mol. The largest absolute Gasteiger partial charge is 0.457 e. The van der Waals surface area contributed by atoms with Crippen LogP contribution in [0.5, 0.6) is 0 Å². The molecule has 1 fully saturated rings. The van der Waals surface area contributed by atoms with Crippen molar-refractivity contribution in [1.82, 2.24) is 4.90 Å². The molecule has 1 aliphatic rings. The average Bonchev–Trinajstić information content (AvgIpc) is 2.62. The number of carbonyl (C=O) groups is 1. The van der Waals surface area contributed by atoms with Crippen molar-refractivity contribution in [3.8, 4) is 0 Å². The zero-order chi connectivity index (χ0) is 15.9. The van der Waals surface area contributed by atoms with Crippen LogP contribution >= 0.6 is 12.4 Å². The van der Waals surface area contributed by atoms with Gasteiger partial charge in [0.15, 0.2) is 0 Å². The van der Waals surface area contributed by atoms with Gasteiger partial charge in [0, 0.05) is 19.6 Å². The van der Waals surface area contributed by atoms with E-state index in [9.17, 15) is 4.79 Å². The van der Waals surface area contributed by atoms with Crippen molar-refractivity contribution in [3.63, 3.8) is 0 Å². The number of hydrogen-bond acceptors (Lipinski definition) is 4. The zero-order valence-corrected chi connectivity index (χ0v) is 14.3. The van der Waals surface area contributed by atoms with Gasteiger partial charge in [-0.3, -0.25) is 4.90 Å². The predicted octanol–water partition coefficient (Wildman–Crippen LogP) is 3.30. The SMILES string of the molecule is Cl.O=C(OCc1ccccc1CN1CCOCC1)c1ccccc1. The van der Waals surface area contributed by atoms with Gasteiger partial charge in [0.1, 0.15) is 6.61 Å². The molecule has 1 saturated heterocycles. The highest BCUT2D eigenvalue weighted by atomic mass is 35.5. The lowest BCUT2D eigenvalue weighted by Gasteiger charge is -2.27. The summed E-state index contributed by atoms with van der Waals surface area (Å²) >= 11 is 0. The Morgan fingerprint density at radius 3 is 2.29 bits per heavy atom. The molecule has 0 aromatic heterocycles. The second-order valence-corrected chi connectivity index (χ2v) is 5.60. The van der Waals surface area contributed by atoms with Crippen LogP contribution in [-0.4, -0.2) is 37.2 Å². The summed E-state index contributed by atoms with van der Waals surface area (Å²) in [5, 5.41) is 0. The van der Waals surface area contributed by atoms with Crippen LogP contribution in [0.4, 0.5) is 0 Å². The molecule has 2 aromatic carbocycles. The third-order valence-corrected chi connectivity index (χ3v) is 3.98. The molecule has 0 amide bonds. The minimum atomic E-state index is -0.285. The van der Waals surface area contributed by atoms with Crippen molar-refractivity contribution in [2.45, 2.75) is 13.2 Å². The van der Waals surface area contributed by atoms with Crippen molar-refractivity contribution < 1.29 is 14.3 Å². The lowest BCUT2D eigenvalue weighted by Crippen LogP contribution is -2.35. The highest BCUT2D eigenvalue weighted by molar-refractivity contribution is 5.89. The van der Waals surface area contributed by atoms with Crippen molar-refractivity contribution in [1.29, 1.82) is 0 Å². The first kappa shape index (κ1) is 18.5. The Morgan fingerprint density at radius 1 is 0.958 bits per heavy atom. The summed E-state index contributed by atoms with van der Waals surface area (Å²) < 4.78 is 10.8. The molecule has 4 nitrogen and oxygen atoms in total. The summed E-state index contributed by atoms with van der Waals surface area (Å²) in [4.78, 5) is 14.4. The van der Waals surface area contributed by atoms with Crippen LogP contribution in [0.2, 0.25) is 0 Å². The number of hydrogen-bond donors (Lipinski definition) is 0. The summed E-state index contributed by atoms with van der Waals surface area (Å²) in [6.45, 7) is 4.61. The second kappa shape index (κ2) is 9.42. The standard InChI is InChI=1S/C19H21NO3.ClH/c21-19(16-6-2-1-3-7-16)23-15-18-9-5-4-8-17(18)14-20-10-12-22-13-11-20;/h1-9H,10-15H2;1H. The van der Waals surface area contributed by atoms with Gasteiger partial charge in [0.05, 0.1) is 18.8 Å². The molecule has 0 radical (unpaired) electrons. The fourth-order valence-corrected chi connectivity index (χ4v) is 2.65. The Kier molecular flexibility index (Phi) is 7.25. The minimum Gasteiger partial charge on any atom is -0.457 e. The van der Waals surface area contributed by atoms with E-state index in [2.05, 4.69) is 11.0 Å². The normalized spacial score (nSPS) is 14.7. The average molecular weight is 348 g/mol. The van der Waals surface area contributed by atoms with Gasteiger partial charge in [-0.05, 0) is 23.3 Å². The summed E-state index contributed by atoms with van der Waals surface area (Å²) in [5.74, 6) is -0.285. The molecule has 0 saturated carbocycles. The van der Waals surface area contributed by atoms with E-state index in [0.29, 0.717) is 12.2 Å². The zero-order valence-electron chi connectivity index (χ0n) is 13.5. The molecule has 0 unspecified atom stereocenters. The number of carbonyl (C=O) groups excluding carboxylic acids is 1. The lowest BCUT2D eigenvalue weighted by atomic mass is 10.1. The van der Waals surface area contributed by atoms with Crippen molar-refractivity contribution in [2.24, 2.45) is 0 Å². The monoisotopic (exact) mass is 347 g/mol. The van der Waals surface area contributed by atoms with Gasteiger partial charge in [-0.2, -0.15) is 0 Å². The van der Waals surface area contributed by atoms with Crippen molar-refractivity contribution >= 4 is 18.4 Å². The molecule has 0 bridgehead atoms. The summed E-state index contributed by atoms with van der Waals surface area (Å²) in [7, 11) is 0. The Labute approximate surface area is 148 Å². The van der Waals surface area contributed by atoms with Gasteiger partial charge in [0.2, 0.25) is 0 Å². The summed E-state index contributed by atoms with van der Waals surface area (Å²) in [6.07, 6.45) is 0. The smallest absolute Gasteiger partial charge is 0.338 e. The van der Waals surface area contributed by atoms with Crippen LogP contribution in [0.1, 0.15) is 21.5 Å². The minimum absolute atomic E-state index is 0. The van der Waals surface area contributed by atoms with Gasteiger partial charge in [-0.15, -0.1) is 12.4 Å². The number of esters is 1. The number of nitrogens with zero attached hydrogens (tertiary/aromatic N) is 1. The lowest BCUT2D eigenvalue weighted by molar-refractivity contribution is 0.0335. The highest BCUT2D eigenvalue weighted by Crippen LogP contribution is 2.15. The van der Waals surface area contributed by atoms with Crippen LogP contribution in [0.25, 0.3) is 0 Å². The number of rotatable bonds is 5. The van der Waals surface area contributed by atoms with E-state index in [1.54, 1.807) is 12.1 Å². The van der Waals surface area contributed by atoms with Crippen LogP contribution in [0.3, 0.4) is 0 Å². The fourth-order valence-electron chi connectivity index (χ4n) is 2.65. The predicted molar refractivity (Wildman–Crippen MR) is 95.3 cm³/mol. The molecule has 0 atom stereocenters. The molecule has 1 heterocycles. The molecule has 128 valence electrons. The molecule has 5 heteroatoms. The molecule has 0 spiro atoms. The van der Waals surface area contributed by atoms with Gasteiger partial charge < -0.3 is 9.47 Å². The highest BCUT2D eigenvalue weighted by Gasteiger charge is 2.13. The third kappa shape index (κ3) is 5.06. The Balaban J connectivity index is 0.00000208. The number of halogens is 1. The molecule has 2 aromatic rings. The van der Waals surface area contributed by atoms with E-state index >= 15 is 0 Å². The van der Waals surface area contributed by atoms with Gasteiger partial charge in [0.25, 0.3) is 0 Å². The topological polar surface area (TPSA) is 38.8 Å². The Morgan fingerprint density at radius 2 is 1.58 bits per heavy atom. The molecule has 0 N–H and O–H groups in total. The molecule has 24 heavy (non-hydrogen) atoms. The summed E-state index contributed by atoms with van der Waals surface area (Å²) in [6, 6.07) is 17.2. The van der Waals surface area contributed by atoms with Crippen LogP contribution in [-0.2, 0) is 22.6 Å². The molecule has 3 rings (SSSR count). The first-order chi connectivity index (χ1) is 11.3. The van der Waals surface area contributed by atoms with E-state index in [-0.39, 0.29) is 18.4 Å². The summed E-state index contributed by atoms with van der Waals surface area (Å²) in [5.41, 5.74) is 2.84. The van der Waals surface area contributed by atoms with Crippen LogP contribution in [0, 0.1) is 0 Å². The van der Waals surface area contributed by atoms with Gasteiger partial charge >= 0.3 is 5.97 Å². The van der Waals surface area contributed by atoms with Crippen LogP contribution in [0.15, 0.2) is 54.6 Å². The first-order valence-electron chi connectivity index (χ1n) is 7.92. The first-order valence-corrected chi connectivity index (χ1v) is 7.92. The van der Waals surface area contributed by atoms with E-state index in [0.717, 1.165) is 38.4 Å². The quantitative estimate of drug-likeness (QED) is 0.778. The fraction of sp³-hybridized carbons (Fsp3) is 0.316. The maximum atomic E-state index is 12.1. The van der Waals surface area contributed by atoms with Crippen molar-refractivity contribution in [2.75, 3.05) is 26.3 Å². The van der Waals surface area contributed by atoms with Gasteiger partial charge in [-0.1, -0.05) is 42.5 Å². The molecular formula is C19H22ClNO3. The number of ether oxygens (including phenoxy) is 2. The van der Waals surface area contributed by atoms with E-state index in [4.69, 9.17) is 9.47 Å². The molecule has 0 aliphatic carbocycles.